The van der Waals surface area contributed by atoms with Gasteiger partial charge in [0.2, 0.25) is 5.91 Å². The van der Waals surface area contributed by atoms with Gasteiger partial charge in [-0.25, -0.2) is 0 Å². The van der Waals surface area contributed by atoms with Gasteiger partial charge in [-0.1, -0.05) is 12.1 Å². The Balaban J connectivity index is 0.00000420. The summed E-state index contributed by atoms with van der Waals surface area (Å²) in [5.41, 5.74) is 1.14. The number of rotatable bonds is 9. The third-order valence-corrected chi connectivity index (χ3v) is 5.06. The van der Waals surface area contributed by atoms with Gasteiger partial charge in [0, 0.05) is 46.8 Å². The van der Waals surface area contributed by atoms with E-state index >= 15 is 0 Å². The van der Waals surface area contributed by atoms with Gasteiger partial charge in [-0.2, -0.15) is 0 Å². The summed E-state index contributed by atoms with van der Waals surface area (Å²) in [6.07, 6.45) is 3.60. The minimum absolute atomic E-state index is 0. The molecular weight excluding hydrogens is 483 g/mol. The maximum atomic E-state index is 11.5. The first kappa shape index (κ1) is 25.5. The number of hydrogen-bond donors (Lipinski definition) is 2. The number of likely N-dealkylation sites (tertiary alicyclic amines) is 1. The standard InChI is InChI=1S/C21H34N4O3.HI/c1-22-20(26)15-17-9-12-25(13-10-17)21(23-2)24-11-4-14-28-16-18-5-7-19(27-3)8-6-18;/h5-8,17H,4,9-16H2,1-3H3,(H,22,26)(H,23,24);1H. The molecule has 1 aromatic rings. The number of benzene rings is 1. The smallest absolute Gasteiger partial charge is 0.220 e. The van der Waals surface area contributed by atoms with E-state index in [1.807, 2.05) is 31.3 Å². The Morgan fingerprint density at radius 2 is 1.93 bits per heavy atom. The van der Waals surface area contributed by atoms with Crippen molar-refractivity contribution >= 4 is 35.8 Å². The molecule has 0 aliphatic carbocycles. The minimum Gasteiger partial charge on any atom is -0.497 e. The van der Waals surface area contributed by atoms with E-state index in [-0.39, 0.29) is 29.9 Å². The SMILES string of the molecule is CN=C(NCCCOCc1ccc(OC)cc1)N1CCC(CC(=O)NC)CC1.I. The maximum Gasteiger partial charge on any atom is 0.220 e. The first-order chi connectivity index (χ1) is 13.7. The molecule has 164 valence electrons. The number of amides is 1. The lowest BCUT2D eigenvalue weighted by Crippen LogP contribution is -2.46. The van der Waals surface area contributed by atoms with Gasteiger partial charge in [0.15, 0.2) is 5.96 Å². The molecule has 1 aromatic carbocycles. The van der Waals surface area contributed by atoms with E-state index in [1.165, 1.54) is 0 Å². The highest BCUT2D eigenvalue weighted by Crippen LogP contribution is 2.20. The molecule has 1 amide bonds. The molecule has 0 radical (unpaired) electrons. The van der Waals surface area contributed by atoms with Crippen LogP contribution in [0, 0.1) is 5.92 Å². The largest absolute Gasteiger partial charge is 0.497 e. The topological polar surface area (TPSA) is 75.2 Å². The Kier molecular flexibility index (Phi) is 12.7. The van der Waals surface area contributed by atoms with Gasteiger partial charge in [0.05, 0.1) is 13.7 Å². The zero-order valence-electron chi connectivity index (χ0n) is 17.8. The molecule has 1 heterocycles. The Labute approximate surface area is 191 Å². The van der Waals surface area contributed by atoms with E-state index in [4.69, 9.17) is 9.47 Å². The zero-order valence-corrected chi connectivity index (χ0v) is 20.1. The van der Waals surface area contributed by atoms with Crippen LogP contribution < -0.4 is 15.4 Å². The average molecular weight is 518 g/mol. The van der Waals surface area contributed by atoms with Crippen LogP contribution in [0.5, 0.6) is 5.75 Å². The van der Waals surface area contributed by atoms with Gasteiger partial charge in [-0.05, 0) is 42.9 Å². The Bertz CT molecular complexity index is 617. The van der Waals surface area contributed by atoms with Crippen LogP contribution in [0.25, 0.3) is 0 Å². The number of ether oxygens (including phenoxy) is 2. The van der Waals surface area contributed by atoms with Crippen LogP contribution in [0.3, 0.4) is 0 Å². The second-order valence-electron chi connectivity index (χ2n) is 7.04. The lowest BCUT2D eigenvalue weighted by molar-refractivity contribution is -0.121. The molecule has 7 nitrogen and oxygen atoms in total. The van der Waals surface area contributed by atoms with E-state index < -0.39 is 0 Å². The number of piperidine rings is 1. The maximum absolute atomic E-state index is 11.5. The van der Waals surface area contributed by atoms with Crippen molar-refractivity contribution in [3.63, 3.8) is 0 Å². The molecule has 2 N–H and O–H groups in total. The van der Waals surface area contributed by atoms with Crippen molar-refractivity contribution in [2.24, 2.45) is 10.9 Å². The summed E-state index contributed by atoms with van der Waals surface area (Å²) < 4.78 is 10.9. The van der Waals surface area contributed by atoms with Crippen molar-refractivity contribution in [3.05, 3.63) is 29.8 Å². The normalized spacial score (nSPS) is 14.9. The Morgan fingerprint density at radius 1 is 1.24 bits per heavy atom. The minimum atomic E-state index is 0. The van der Waals surface area contributed by atoms with Crippen molar-refractivity contribution in [1.82, 2.24) is 15.5 Å². The highest BCUT2D eigenvalue weighted by Gasteiger charge is 2.22. The molecule has 2 rings (SSSR count). The van der Waals surface area contributed by atoms with Crippen LogP contribution in [0.4, 0.5) is 0 Å². The summed E-state index contributed by atoms with van der Waals surface area (Å²) in [7, 11) is 5.18. The summed E-state index contributed by atoms with van der Waals surface area (Å²) in [5, 5.41) is 6.13. The first-order valence-corrected chi connectivity index (χ1v) is 10.0. The number of nitrogens with zero attached hydrogens (tertiary/aromatic N) is 2. The number of carbonyl (C=O) groups is 1. The van der Waals surface area contributed by atoms with Crippen LogP contribution in [-0.2, 0) is 16.1 Å². The fourth-order valence-corrected chi connectivity index (χ4v) is 3.33. The molecule has 0 atom stereocenters. The van der Waals surface area contributed by atoms with Crippen molar-refractivity contribution in [2.45, 2.75) is 32.3 Å². The van der Waals surface area contributed by atoms with E-state index in [1.54, 1.807) is 14.2 Å². The zero-order chi connectivity index (χ0) is 20.2. The van der Waals surface area contributed by atoms with Crippen LogP contribution in [0.1, 0.15) is 31.2 Å². The molecule has 29 heavy (non-hydrogen) atoms. The van der Waals surface area contributed by atoms with Crippen LogP contribution in [-0.4, -0.2) is 64.2 Å². The molecule has 1 saturated heterocycles. The van der Waals surface area contributed by atoms with E-state index in [0.29, 0.717) is 25.6 Å². The van der Waals surface area contributed by atoms with Crippen LogP contribution in [0.2, 0.25) is 0 Å². The Morgan fingerprint density at radius 3 is 2.52 bits per heavy atom. The lowest BCUT2D eigenvalue weighted by atomic mass is 9.93. The number of halogens is 1. The molecule has 1 fully saturated rings. The van der Waals surface area contributed by atoms with E-state index in [0.717, 1.165) is 56.2 Å². The fourth-order valence-electron chi connectivity index (χ4n) is 3.33. The highest BCUT2D eigenvalue weighted by atomic mass is 127. The molecule has 1 aliphatic heterocycles. The van der Waals surface area contributed by atoms with E-state index in [9.17, 15) is 4.79 Å². The van der Waals surface area contributed by atoms with Gasteiger partial charge in [-0.15, -0.1) is 24.0 Å². The van der Waals surface area contributed by atoms with Gasteiger partial charge in [0.25, 0.3) is 0 Å². The van der Waals surface area contributed by atoms with Crippen LogP contribution >= 0.6 is 24.0 Å². The van der Waals surface area contributed by atoms with Gasteiger partial charge < -0.3 is 25.0 Å². The van der Waals surface area contributed by atoms with Gasteiger partial charge in [0.1, 0.15) is 5.75 Å². The first-order valence-electron chi connectivity index (χ1n) is 10.0. The number of aliphatic imine (C=N–C) groups is 1. The molecule has 8 heteroatoms. The highest BCUT2D eigenvalue weighted by molar-refractivity contribution is 14.0. The van der Waals surface area contributed by atoms with Crippen molar-refractivity contribution in [3.8, 4) is 5.75 Å². The number of nitrogens with one attached hydrogen (secondary N) is 2. The van der Waals surface area contributed by atoms with Crippen molar-refractivity contribution < 1.29 is 14.3 Å². The Hall–Kier alpha value is -1.55. The van der Waals surface area contributed by atoms with Crippen LogP contribution in [0.15, 0.2) is 29.3 Å². The molecule has 0 aromatic heterocycles. The second-order valence-corrected chi connectivity index (χ2v) is 7.04. The average Bonchev–Trinajstić information content (AvgIpc) is 2.74. The number of guanidine groups is 1. The monoisotopic (exact) mass is 518 g/mol. The molecular formula is C21H35IN4O3. The van der Waals surface area contributed by atoms with Gasteiger partial charge >= 0.3 is 0 Å². The summed E-state index contributed by atoms with van der Waals surface area (Å²) in [6.45, 7) is 4.01. The number of carbonyl (C=O) groups excluding carboxylic acids is 1. The fraction of sp³-hybridized carbons (Fsp3) is 0.619. The molecule has 1 aliphatic rings. The van der Waals surface area contributed by atoms with E-state index in [2.05, 4.69) is 20.5 Å². The third kappa shape index (κ3) is 9.20. The quantitative estimate of drug-likeness (QED) is 0.228. The van der Waals surface area contributed by atoms with Gasteiger partial charge in [-0.3, -0.25) is 9.79 Å². The van der Waals surface area contributed by atoms with Crippen molar-refractivity contribution in [2.75, 3.05) is 47.4 Å². The summed E-state index contributed by atoms with van der Waals surface area (Å²) in [4.78, 5) is 18.2. The number of methoxy groups -OCH3 is 1. The molecule has 0 unspecified atom stereocenters. The second kappa shape index (κ2) is 14.4. The predicted octanol–water partition coefficient (Wildman–Crippen LogP) is 2.64. The third-order valence-electron chi connectivity index (χ3n) is 5.06. The predicted molar refractivity (Wildman–Crippen MR) is 127 cm³/mol. The van der Waals surface area contributed by atoms with Crippen molar-refractivity contribution in [1.29, 1.82) is 0 Å². The summed E-state index contributed by atoms with van der Waals surface area (Å²) >= 11 is 0. The summed E-state index contributed by atoms with van der Waals surface area (Å²) in [6, 6.07) is 7.93. The molecule has 0 saturated carbocycles. The molecule has 0 bridgehead atoms. The lowest BCUT2D eigenvalue weighted by Gasteiger charge is -2.34. The number of hydrogen-bond acceptors (Lipinski definition) is 4. The molecule has 0 spiro atoms. The summed E-state index contributed by atoms with van der Waals surface area (Å²) in [5.74, 6) is 2.40.